The molecule has 1 aromatic carbocycles. The number of hydrogen-bond donors (Lipinski definition) is 2. The Morgan fingerprint density at radius 2 is 2.17 bits per heavy atom. The van der Waals surface area contributed by atoms with Gasteiger partial charge in [-0.15, -0.1) is 0 Å². The predicted octanol–water partition coefficient (Wildman–Crippen LogP) is 3.25. The van der Waals surface area contributed by atoms with Crippen LogP contribution in [-0.2, 0) is 4.79 Å². The van der Waals surface area contributed by atoms with Crippen molar-refractivity contribution in [2.75, 3.05) is 5.32 Å². The van der Waals surface area contributed by atoms with Crippen LogP contribution in [0.2, 0.25) is 0 Å². The van der Waals surface area contributed by atoms with E-state index >= 15 is 0 Å². The van der Waals surface area contributed by atoms with Crippen LogP contribution in [0.4, 0.5) is 14.5 Å². The van der Waals surface area contributed by atoms with Gasteiger partial charge in [0.2, 0.25) is 5.91 Å². The number of anilines is 1. The first-order valence-electron chi connectivity index (χ1n) is 7.41. The Balaban J connectivity index is 2.21. The first kappa shape index (κ1) is 17.9. The summed E-state index contributed by atoms with van der Waals surface area (Å²) in [4.78, 5) is 15.8. The van der Waals surface area contributed by atoms with Gasteiger partial charge in [-0.25, -0.2) is 4.98 Å². The number of hydrogen-bond acceptors (Lipinski definition) is 5. The second-order valence-electron chi connectivity index (χ2n) is 5.68. The predicted molar refractivity (Wildman–Crippen MR) is 84.6 cm³/mol. The van der Waals surface area contributed by atoms with Crippen molar-refractivity contribution in [1.82, 2.24) is 4.98 Å². The molecule has 2 aromatic rings. The van der Waals surface area contributed by atoms with Gasteiger partial charge in [0.05, 0.1) is 17.8 Å². The number of halogens is 2. The molecule has 3 N–H and O–H groups in total. The van der Waals surface area contributed by atoms with Crippen molar-refractivity contribution in [3.63, 3.8) is 0 Å². The van der Waals surface area contributed by atoms with Crippen LogP contribution in [0, 0.1) is 5.92 Å². The van der Waals surface area contributed by atoms with E-state index in [2.05, 4.69) is 15.0 Å². The molecule has 0 fully saturated rings. The fraction of sp³-hybridized carbons (Fsp3) is 0.375. The van der Waals surface area contributed by atoms with Gasteiger partial charge in [-0.1, -0.05) is 13.8 Å². The average molecular weight is 339 g/mol. The molecule has 0 saturated heterocycles. The number of nitrogens with two attached hydrogens (primary N) is 1. The summed E-state index contributed by atoms with van der Waals surface area (Å²) < 4.78 is 34.9. The number of nitrogens with zero attached hydrogens (tertiary/aromatic N) is 1. The van der Waals surface area contributed by atoms with Gasteiger partial charge in [0.1, 0.15) is 5.75 Å². The summed E-state index contributed by atoms with van der Waals surface area (Å²) in [6.45, 7) is 0.891. The topological polar surface area (TPSA) is 90.4 Å². The van der Waals surface area contributed by atoms with E-state index < -0.39 is 12.7 Å². The van der Waals surface area contributed by atoms with Crippen LogP contribution in [0.5, 0.6) is 5.75 Å². The van der Waals surface area contributed by atoms with Crippen LogP contribution >= 0.6 is 0 Å². The number of aromatic nitrogens is 1. The first-order valence-corrected chi connectivity index (χ1v) is 7.41. The van der Waals surface area contributed by atoms with Crippen LogP contribution in [0.3, 0.4) is 0 Å². The van der Waals surface area contributed by atoms with Crippen molar-refractivity contribution >= 4 is 11.6 Å². The molecule has 1 atom stereocenters. The maximum absolute atomic E-state index is 12.6. The molecule has 1 aromatic heterocycles. The fourth-order valence-corrected chi connectivity index (χ4v) is 2.20. The highest BCUT2D eigenvalue weighted by molar-refractivity contribution is 5.95. The molecular weight excluding hydrogens is 320 g/mol. The van der Waals surface area contributed by atoms with E-state index in [1.165, 1.54) is 24.7 Å². The molecule has 24 heavy (non-hydrogen) atoms. The SMILES string of the molecule is CC(C)C[C@@H](N)C(=O)Nc1ccc(-c2cnco2)c(OC(F)F)c1. The lowest BCUT2D eigenvalue weighted by Crippen LogP contribution is -2.36. The second kappa shape index (κ2) is 7.87. The van der Waals surface area contributed by atoms with Gasteiger partial charge in [-0.2, -0.15) is 8.78 Å². The van der Waals surface area contributed by atoms with Crippen LogP contribution < -0.4 is 15.8 Å². The van der Waals surface area contributed by atoms with Crippen molar-refractivity contribution in [3.8, 4) is 17.1 Å². The van der Waals surface area contributed by atoms with Crippen LogP contribution in [-0.4, -0.2) is 23.5 Å². The van der Waals surface area contributed by atoms with Crippen LogP contribution in [0.1, 0.15) is 20.3 Å². The maximum Gasteiger partial charge on any atom is 0.387 e. The lowest BCUT2D eigenvalue weighted by Gasteiger charge is -2.15. The zero-order valence-electron chi connectivity index (χ0n) is 13.3. The lowest BCUT2D eigenvalue weighted by atomic mass is 10.0. The molecule has 130 valence electrons. The molecule has 2 rings (SSSR count). The van der Waals surface area contributed by atoms with Gasteiger partial charge in [-0.05, 0) is 24.5 Å². The summed E-state index contributed by atoms with van der Waals surface area (Å²) in [7, 11) is 0. The molecule has 0 aliphatic carbocycles. The Labute approximate surface area is 138 Å². The number of carbonyl (C=O) groups excluding carboxylic acids is 1. The number of benzene rings is 1. The van der Waals surface area contributed by atoms with E-state index in [0.717, 1.165) is 0 Å². The second-order valence-corrected chi connectivity index (χ2v) is 5.68. The summed E-state index contributed by atoms with van der Waals surface area (Å²) in [6.07, 6.45) is 3.08. The molecule has 8 heteroatoms. The minimum atomic E-state index is -3.01. The number of nitrogens with one attached hydrogen (secondary N) is 1. The highest BCUT2D eigenvalue weighted by atomic mass is 19.3. The molecule has 0 aliphatic rings. The number of carbonyl (C=O) groups is 1. The number of oxazole rings is 1. The molecule has 0 aliphatic heterocycles. The number of alkyl halides is 2. The molecule has 0 bridgehead atoms. The number of rotatable bonds is 7. The smallest absolute Gasteiger partial charge is 0.387 e. The lowest BCUT2D eigenvalue weighted by molar-refractivity contribution is -0.117. The van der Waals surface area contributed by atoms with Crippen molar-refractivity contribution in [3.05, 3.63) is 30.8 Å². The minimum absolute atomic E-state index is 0.128. The van der Waals surface area contributed by atoms with E-state index in [9.17, 15) is 13.6 Å². The fourth-order valence-electron chi connectivity index (χ4n) is 2.20. The van der Waals surface area contributed by atoms with E-state index in [1.807, 2.05) is 13.8 Å². The monoisotopic (exact) mass is 339 g/mol. The van der Waals surface area contributed by atoms with Gasteiger partial charge < -0.3 is 20.2 Å². The number of ether oxygens (including phenoxy) is 1. The quantitative estimate of drug-likeness (QED) is 0.808. The molecule has 0 spiro atoms. The molecule has 6 nitrogen and oxygen atoms in total. The van der Waals surface area contributed by atoms with Crippen molar-refractivity contribution in [2.45, 2.75) is 32.9 Å². The van der Waals surface area contributed by atoms with E-state index in [-0.39, 0.29) is 23.3 Å². The largest absolute Gasteiger partial charge is 0.443 e. The van der Waals surface area contributed by atoms with Crippen LogP contribution in [0.25, 0.3) is 11.3 Å². The Bertz CT molecular complexity index is 675. The summed E-state index contributed by atoms with van der Waals surface area (Å²) in [5, 5.41) is 2.60. The normalized spacial score (nSPS) is 12.5. The zero-order valence-corrected chi connectivity index (χ0v) is 13.3. The van der Waals surface area contributed by atoms with Crippen LogP contribution in [0.15, 0.2) is 35.2 Å². The van der Waals surface area contributed by atoms with Gasteiger partial charge in [0.15, 0.2) is 12.2 Å². The number of amides is 1. The van der Waals surface area contributed by atoms with Crippen molar-refractivity contribution in [2.24, 2.45) is 11.7 Å². The summed E-state index contributed by atoms with van der Waals surface area (Å²) in [6, 6.07) is 3.67. The molecule has 0 saturated carbocycles. The third-order valence-electron chi connectivity index (χ3n) is 3.23. The van der Waals surface area contributed by atoms with E-state index in [1.54, 1.807) is 6.07 Å². The highest BCUT2D eigenvalue weighted by Gasteiger charge is 2.18. The molecule has 0 unspecified atom stereocenters. The Hall–Kier alpha value is -2.48. The summed E-state index contributed by atoms with van der Waals surface area (Å²) >= 11 is 0. The third-order valence-corrected chi connectivity index (χ3v) is 3.23. The molecule has 0 radical (unpaired) electrons. The van der Waals surface area contributed by atoms with E-state index in [4.69, 9.17) is 10.2 Å². The van der Waals surface area contributed by atoms with Gasteiger partial charge >= 0.3 is 6.61 Å². The van der Waals surface area contributed by atoms with Gasteiger partial charge in [0, 0.05) is 11.8 Å². The van der Waals surface area contributed by atoms with Crippen molar-refractivity contribution < 1.29 is 22.7 Å². The minimum Gasteiger partial charge on any atom is -0.443 e. The summed E-state index contributed by atoms with van der Waals surface area (Å²) in [5.74, 6) is 0.0217. The van der Waals surface area contributed by atoms with Gasteiger partial charge in [-0.3, -0.25) is 4.79 Å². The summed E-state index contributed by atoms with van der Waals surface area (Å²) in [5.41, 5.74) is 6.41. The highest BCUT2D eigenvalue weighted by Crippen LogP contribution is 2.33. The third kappa shape index (κ3) is 4.76. The van der Waals surface area contributed by atoms with Crippen molar-refractivity contribution in [1.29, 1.82) is 0 Å². The average Bonchev–Trinajstić information content (AvgIpc) is 3.00. The molecule has 1 amide bonds. The Morgan fingerprint density at radius 1 is 1.42 bits per heavy atom. The molecule has 1 heterocycles. The zero-order chi connectivity index (χ0) is 17.7. The van der Waals surface area contributed by atoms with E-state index in [0.29, 0.717) is 17.7 Å². The maximum atomic E-state index is 12.6. The molecular formula is C16H19F2N3O3. The standard InChI is InChI=1S/C16H19F2N3O3/c1-9(2)5-12(19)15(22)21-10-3-4-11(14-7-20-8-23-14)13(6-10)24-16(17)18/h3-4,6-9,12,16H,5,19H2,1-2H3,(H,21,22)/t12-/m1/s1. The van der Waals surface area contributed by atoms with Gasteiger partial charge in [0.25, 0.3) is 0 Å². The Kier molecular flexibility index (Phi) is 5.86. The Morgan fingerprint density at radius 3 is 2.75 bits per heavy atom. The first-order chi connectivity index (χ1) is 11.4.